The molecule has 3 unspecified atom stereocenters. The predicted octanol–water partition coefficient (Wildman–Crippen LogP) is 3.00. The van der Waals surface area contributed by atoms with Crippen molar-refractivity contribution in [3.63, 3.8) is 0 Å². The minimum atomic E-state index is -0.618. The monoisotopic (exact) mass is 296 g/mol. The number of hydrogen-bond acceptors (Lipinski definition) is 2. The van der Waals surface area contributed by atoms with E-state index in [9.17, 15) is 13.6 Å². The van der Waals surface area contributed by atoms with Gasteiger partial charge in [-0.2, -0.15) is 0 Å². The average Bonchev–Trinajstić information content (AvgIpc) is 2.80. The molecule has 0 bridgehead atoms. The molecule has 1 aromatic rings. The minimum Gasteiger partial charge on any atom is -0.338 e. The van der Waals surface area contributed by atoms with E-state index in [-0.39, 0.29) is 17.5 Å². The molecule has 116 valence electrons. The van der Waals surface area contributed by atoms with Gasteiger partial charge in [-0.3, -0.25) is 4.79 Å². The van der Waals surface area contributed by atoms with E-state index in [1.165, 1.54) is 4.90 Å². The van der Waals surface area contributed by atoms with Crippen molar-refractivity contribution in [1.82, 2.24) is 4.90 Å². The molecule has 21 heavy (non-hydrogen) atoms. The lowest BCUT2D eigenvalue weighted by molar-refractivity contribution is -0.142. The van der Waals surface area contributed by atoms with E-state index < -0.39 is 23.1 Å². The number of amides is 1. The molecule has 1 fully saturated rings. The summed E-state index contributed by atoms with van der Waals surface area (Å²) in [7, 11) is 1.62. The number of benzene rings is 1. The van der Waals surface area contributed by atoms with Gasteiger partial charge in [-0.05, 0) is 44.9 Å². The second kappa shape index (κ2) is 5.72. The normalized spacial score (nSPS) is 26.7. The van der Waals surface area contributed by atoms with E-state index >= 15 is 0 Å². The Morgan fingerprint density at radius 3 is 2.71 bits per heavy atom. The number of carbonyl (C=O) groups excluding carboxylic acids is 1. The molecule has 1 aliphatic rings. The van der Waals surface area contributed by atoms with Gasteiger partial charge in [0.25, 0.3) is 0 Å². The van der Waals surface area contributed by atoms with Crippen LogP contribution in [0, 0.1) is 17.0 Å². The molecule has 0 spiro atoms. The Morgan fingerprint density at radius 1 is 1.48 bits per heavy atom. The standard InChI is InChI=1S/C16H22F2N2O/c1-10(12-9-11(17)6-7-13(12)18)20(3)15(21)16(2)8-4-5-14(16)19/h6-7,9-10,14H,4-5,8,19H2,1-3H3. The molecule has 0 heterocycles. The van der Waals surface area contributed by atoms with Crippen LogP contribution in [0.15, 0.2) is 18.2 Å². The zero-order chi connectivity index (χ0) is 15.8. The van der Waals surface area contributed by atoms with E-state index in [4.69, 9.17) is 5.73 Å². The number of rotatable bonds is 3. The van der Waals surface area contributed by atoms with Gasteiger partial charge in [0.15, 0.2) is 0 Å². The number of carbonyl (C=O) groups is 1. The van der Waals surface area contributed by atoms with Gasteiger partial charge in [0, 0.05) is 18.7 Å². The zero-order valence-corrected chi connectivity index (χ0v) is 12.7. The molecule has 2 rings (SSSR count). The highest BCUT2D eigenvalue weighted by atomic mass is 19.1. The van der Waals surface area contributed by atoms with Crippen LogP contribution in [0.3, 0.4) is 0 Å². The van der Waals surface area contributed by atoms with Gasteiger partial charge < -0.3 is 10.6 Å². The van der Waals surface area contributed by atoms with Crippen molar-refractivity contribution in [3.8, 4) is 0 Å². The van der Waals surface area contributed by atoms with E-state index in [1.54, 1.807) is 14.0 Å². The number of halogens is 2. The molecule has 0 aliphatic heterocycles. The van der Waals surface area contributed by atoms with Gasteiger partial charge in [0.1, 0.15) is 11.6 Å². The first-order valence-electron chi connectivity index (χ1n) is 7.25. The van der Waals surface area contributed by atoms with Crippen LogP contribution >= 0.6 is 0 Å². The minimum absolute atomic E-state index is 0.108. The van der Waals surface area contributed by atoms with Crippen LogP contribution in [0.4, 0.5) is 8.78 Å². The fourth-order valence-electron chi connectivity index (χ4n) is 3.08. The average molecular weight is 296 g/mol. The van der Waals surface area contributed by atoms with Gasteiger partial charge in [-0.25, -0.2) is 8.78 Å². The summed E-state index contributed by atoms with van der Waals surface area (Å²) in [5.41, 5.74) is 5.63. The molecule has 3 nitrogen and oxygen atoms in total. The highest BCUT2D eigenvalue weighted by Crippen LogP contribution is 2.39. The molecule has 1 aliphatic carbocycles. The molecule has 0 radical (unpaired) electrons. The lowest BCUT2D eigenvalue weighted by Crippen LogP contribution is -2.48. The van der Waals surface area contributed by atoms with Crippen molar-refractivity contribution < 1.29 is 13.6 Å². The molecule has 1 aromatic carbocycles. The van der Waals surface area contributed by atoms with Gasteiger partial charge in [-0.15, -0.1) is 0 Å². The third-order valence-electron chi connectivity index (χ3n) is 4.83. The SMILES string of the molecule is CC(c1cc(F)ccc1F)N(C)C(=O)C1(C)CCCC1N. The van der Waals surface area contributed by atoms with Gasteiger partial charge in [-0.1, -0.05) is 6.42 Å². The van der Waals surface area contributed by atoms with Crippen LogP contribution in [-0.4, -0.2) is 23.9 Å². The van der Waals surface area contributed by atoms with Gasteiger partial charge in [0.05, 0.1) is 11.5 Å². The Balaban J connectivity index is 2.25. The Kier molecular flexibility index (Phi) is 4.33. The largest absolute Gasteiger partial charge is 0.338 e. The second-order valence-electron chi connectivity index (χ2n) is 6.17. The lowest BCUT2D eigenvalue weighted by Gasteiger charge is -2.35. The highest BCUT2D eigenvalue weighted by molar-refractivity contribution is 5.83. The summed E-state index contributed by atoms with van der Waals surface area (Å²) in [5, 5.41) is 0. The van der Waals surface area contributed by atoms with Crippen molar-refractivity contribution in [2.45, 2.75) is 45.2 Å². The smallest absolute Gasteiger partial charge is 0.230 e. The molecule has 0 saturated heterocycles. The quantitative estimate of drug-likeness (QED) is 0.932. The fraction of sp³-hybridized carbons (Fsp3) is 0.562. The summed E-state index contributed by atoms with van der Waals surface area (Å²) >= 11 is 0. The maximum absolute atomic E-state index is 13.9. The maximum Gasteiger partial charge on any atom is 0.230 e. The first kappa shape index (κ1) is 15.9. The number of nitrogens with zero attached hydrogens (tertiary/aromatic N) is 1. The van der Waals surface area contributed by atoms with E-state index in [1.807, 2.05) is 6.92 Å². The third kappa shape index (κ3) is 2.79. The van der Waals surface area contributed by atoms with E-state index in [0.29, 0.717) is 0 Å². The second-order valence-corrected chi connectivity index (χ2v) is 6.17. The zero-order valence-electron chi connectivity index (χ0n) is 12.7. The predicted molar refractivity (Wildman–Crippen MR) is 77.5 cm³/mol. The third-order valence-corrected chi connectivity index (χ3v) is 4.83. The van der Waals surface area contributed by atoms with Crippen molar-refractivity contribution in [2.24, 2.45) is 11.1 Å². The molecule has 0 aromatic heterocycles. The maximum atomic E-state index is 13.9. The molecule has 2 N–H and O–H groups in total. The lowest BCUT2D eigenvalue weighted by atomic mass is 9.83. The summed E-state index contributed by atoms with van der Waals surface area (Å²) in [6.07, 6.45) is 2.47. The Bertz CT molecular complexity index is 549. The van der Waals surface area contributed by atoms with E-state index in [2.05, 4.69) is 0 Å². The number of nitrogens with two attached hydrogens (primary N) is 1. The van der Waals surface area contributed by atoms with Crippen LogP contribution in [0.5, 0.6) is 0 Å². The topological polar surface area (TPSA) is 46.3 Å². The van der Waals surface area contributed by atoms with Crippen molar-refractivity contribution >= 4 is 5.91 Å². The van der Waals surface area contributed by atoms with Gasteiger partial charge >= 0.3 is 0 Å². The Morgan fingerprint density at radius 2 is 2.14 bits per heavy atom. The Labute approximate surface area is 124 Å². The molecular formula is C16H22F2N2O. The van der Waals surface area contributed by atoms with E-state index in [0.717, 1.165) is 37.5 Å². The molecular weight excluding hydrogens is 274 g/mol. The summed E-state index contributed by atoms with van der Waals surface area (Å²) in [4.78, 5) is 14.2. The van der Waals surface area contributed by atoms with Crippen LogP contribution in [-0.2, 0) is 4.79 Å². The van der Waals surface area contributed by atoms with Gasteiger partial charge in [0.2, 0.25) is 5.91 Å². The van der Waals surface area contributed by atoms with Crippen LogP contribution in [0.2, 0.25) is 0 Å². The van der Waals surface area contributed by atoms with Crippen molar-refractivity contribution in [2.75, 3.05) is 7.05 Å². The summed E-state index contributed by atoms with van der Waals surface area (Å²) < 4.78 is 27.2. The fourth-order valence-corrected chi connectivity index (χ4v) is 3.08. The first-order chi connectivity index (χ1) is 9.77. The molecule has 3 atom stereocenters. The first-order valence-corrected chi connectivity index (χ1v) is 7.25. The number of hydrogen-bond donors (Lipinski definition) is 1. The van der Waals surface area contributed by atoms with Crippen molar-refractivity contribution in [3.05, 3.63) is 35.4 Å². The molecule has 1 amide bonds. The summed E-state index contributed by atoms with van der Waals surface area (Å²) in [6.45, 7) is 3.55. The summed E-state index contributed by atoms with van der Waals surface area (Å²) in [5.74, 6) is -1.13. The van der Waals surface area contributed by atoms with Crippen LogP contribution < -0.4 is 5.73 Å². The van der Waals surface area contributed by atoms with Crippen molar-refractivity contribution in [1.29, 1.82) is 0 Å². The highest BCUT2D eigenvalue weighted by Gasteiger charge is 2.45. The van der Waals surface area contributed by atoms with Crippen LogP contribution in [0.1, 0.15) is 44.7 Å². The summed E-state index contributed by atoms with van der Waals surface area (Å²) in [6, 6.07) is 2.57. The van der Waals surface area contributed by atoms with Crippen LogP contribution in [0.25, 0.3) is 0 Å². The Hall–Kier alpha value is -1.49. The molecule has 1 saturated carbocycles. The molecule has 5 heteroatoms.